The van der Waals surface area contributed by atoms with Crippen molar-refractivity contribution in [1.82, 2.24) is 9.36 Å². The summed E-state index contributed by atoms with van der Waals surface area (Å²) in [7, 11) is 0. The predicted octanol–water partition coefficient (Wildman–Crippen LogP) is 3.33. The number of nitrogens with zero attached hydrogens (tertiary/aromatic N) is 3. The largest absolute Gasteiger partial charge is 0.452 e. The van der Waals surface area contributed by atoms with E-state index in [1.54, 1.807) is 0 Å². The van der Waals surface area contributed by atoms with E-state index in [1.807, 2.05) is 4.90 Å². The van der Waals surface area contributed by atoms with Crippen LogP contribution in [0.4, 0.5) is 18.3 Å². The molecule has 18 heavy (non-hydrogen) atoms. The first-order chi connectivity index (χ1) is 8.55. The molecule has 3 rings (SSSR count). The van der Waals surface area contributed by atoms with Crippen molar-refractivity contribution in [1.29, 1.82) is 0 Å². The average molecular weight is 277 g/mol. The Bertz CT molecular complexity index is 431. The molecule has 2 heterocycles. The quantitative estimate of drug-likeness (QED) is 0.788. The molecule has 0 N–H and O–H groups in total. The van der Waals surface area contributed by atoms with Crippen LogP contribution in [-0.2, 0) is 6.18 Å². The van der Waals surface area contributed by atoms with Gasteiger partial charge in [0.2, 0.25) is 11.0 Å². The summed E-state index contributed by atoms with van der Waals surface area (Å²) >= 11 is 0.877. The molecular formula is C11H14F3N3S. The van der Waals surface area contributed by atoms with E-state index in [4.69, 9.17) is 0 Å². The number of hydrogen-bond acceptors (Lipinski definition) is 4. The van der Waals surface area contributed by atoms with E-state index >= 15 is 0 Å². The molecule has 0 amide bonds. The maximum absolute atomic E-state index is 12.5. The minimum atomic E-state index is -4.43. The number of halogens is 3. The summed E-state index contributed by atoms with van der Waals surface area (Å²) in [5, 5.41) is 0.443. The van der Waals surface area contributed by atoms with E-state index < -0.39 is 12.0 Å². The number of rotatable bonds is 1. The van der Waals surface area contributed by atoms with E-state index in [1.165, 1.54) is 19.3 Å². The van der Waals surface area contributed by atoms with Gasteiger partial charge in [0.05, 0.1) is 0 Å². The van der Waals surface area contributed by atoms with Gasteiger partial charge in [0.25, 0.3) is 0 Å². The van der Waals surface area contributed by atoms with Crippen LogP contribution >= 0.6 is 11.5 Å². The van der Waals surface area contributed by atoms with Crippen molar-refractivity contribution >= 4 is 16.7 Å². The molecule has 1 aliphatic carbocycles. The highest BCUT2D eigenvalue weighted by Crippen LogP contribution is 2.40. The van der Waals surface area contributed by atoms with Crippen LogP contribution in [0.15, 0.2) is 0 Å². The van der Waals surface area contributed by atoms with E-state index in [0.29, 0.717) is 17.1 Å². The number of anilines is 1. The maximum atomic E-state index is 12.5. The summed E-state index contributed by atoms with van der Waals surface area (Å²) in [5.74, 6) is -0.361. The van der Waals surface area contributed by atoms with Crippen LogP contribution in [0.5, 0.6) is 0 Å². The molecule has 0 spiro atoms. The molecule has 1 aromatic heterocycles. The van der Waals surface area contributed by atoms with Crippen molar-refractivity contribution in [2.24, 2.45) is 5.92 Å². The van der Waals surface area contributed by atoms with Gasteiger partial charge in [-0.3, -0.25) is 0 Å². The van der Waals surface area contributed by atoms with Crippen molar-refractivity contribution in [3.63, 3.8) is 0 Å². The van der Waals surface area contributed by atoms with Gasteiger partial charge in [0.1, 0.15) is 0 Å². The highest BCUT2D eigenvalue weighted by Gasteiger charge is 2.40. The van der Waals surface area contributed by atoms with Gasteiger partial charge in [-0.1, -0.05) is 6.42 Å². The van der Waals surface area contributed by atoms with Gasteiger partial charge in [-0.15, -0.1) is 0 Å². The summed E-state index contributed by atoms with van der Waals surface area (Å²) in [6.07, 6.45) is 1.27. The Morgan fingerprint density at radius 2 is 1.94 bits per heavy atom. The zero-order chi connectivity index (χ0) is 12.8. The zero-order valence-corrected chi connectivity index (χ0v) is 10.6. The van der Waals surface area contributed by atoms with E-state index in [9.17, 15) is 13.2 Å². The van der Waals surface area contributed by atoms with Gasteiger partial charge in [-0.25, -0.2) is 0 Å². The normalized spacial score (nSPS) is 28.5. The SMILES string of the molecule is FC(F)(F)c1nsc(N2CCC[C@@H]3CCC[C@H]32)n1. The third-order valence-corrected chi connectivity index (χ3v) is 4.66. The summed E-state index contributed by atoms with van der Waals surface area (Å²) < 4.78 is 40.9. The zero-order valence-electron chi connectivity index (χ0n) is 9.78. The molecule has 2 aliphatic rings. The fourth-order valence-corrected chi connectivity index (χ4v) is 3.91. The molecule has 0 radical (unpaired) electrons. The molecule has 0 bridgehead atoms. The second kappa shape index (κ2) is 4.36. The van der Waals surface area contributed by atoms with Crippen molar-refractivity contribution < 1.29 is 13.2 Å². The highest BCUT2D eigenvalue weighted by molar-refractivity contribution is 7.09. The van der Waals surface area contributed by atoms with Gasteiger partial charge in [-0.05, 0) is 31.6 Å². The molecule has 0 unspecified atom stereocenters. The summed E-state index contributed by atoms with van der Waals surface area (Å²) in [6, 6.07) is 0.382. The maximum Gasteiger partial charge on any atom is 0.452 e. The van der Waals surface area contributed by atoms with Crippen LogP contribution in [0.3, 0.4) is 0 Å². The minimum Gasteiger partial charge on any atom is -0.344 e. The average Bonchev–Trinajstić information content (AvgIpc) is 2.96. The topological polar surface area (TPSA) is 29.0 Å². The monoisotopic (exact) mass is 277 g/mol. The number of hydrogen-bond donors (Lipinski definition) is 0. The molecule has 3 nitrogen and oxygen atoms in total. The van der Waals surface area contributed by atoms with Gasteiger partial charge in [0.15, 0.2) is 0 Å². The number of fused-ring (bicyclic) bond motifs is 1. The van der Waals surface area contributed by atoms with Gasteiger partial charge in [-0.2, -0.15) is 22.5 Å². The molecule has 2 fully saturated rings. The van der Waals surface area contributed by atoms with Gasteiger partial charge < -0.3 is 4.90 Å². The first-order valence-electron chi connectivity index (χ1n) is 6.23. The number of piperidine rings is 1. The predicted molar refractivity (Wildman–Crippen MR) is 62.6 cm³/mol. The smallest absolute Gasteiger partial charge is 0.344 e. The van der Waals surface area contributed by atoms with E-state index in [-0.39, 0.29) is 0 Å². The van der Waals surface area contributed by atoms with Gasteiger partial charge >= 0.3 is 6.18 Å². The van der Waals surface area contributed by atoms with Crippen LogP contribution < -0.4 is 4.90 Å². The number of aromatic nitrogens is 2. The second-order valence-corrected chi connectivity index (χ2v) is 5.72. The van der Waals surface area contributed by atoms with Crippen molar-refractivity contribution in [2.75, 3.05) is 11.4 Å². The van der Waals surface area contributed by atoms with Crippen LogP contribution in [0.25, 0.3) is 0 Å². The summed E-state index contributed by atoms with van der Waals surface area (Å²) in [6.45, 7) is 0.813. The van der Waals surface area contributed by atoms with Crippen molar-refractivity contribution in [3.8, 4) is 0 Å². The molecule has 1 saturated carbocycles. The molecular weight excluding hydrogens is 263 g/mol. The Kier molecular flexibility index (Phi) is 2.96. The first kappa shape index (κ1) is 12.2. The summed E-state index contributed by atoms with van der Waals surface area (Å²) in [4.78, 5) is 5.72. The Morgan fingerprint density at radius 3 is 2.67 bits per heavy atom. The molecule has 7 heteroatoms. The third kappa shape index (κ3) is 2.08. The summed E-state index contributed by atoms with van der Waals surface area (Å²) in [5.41, 5.74) is 0. The number of alkyl halides is 3. The standard InChI is InChI=1S/C11H14F3N3S/c12-11(13,14)9-15-10(18-16-9)17-6-2-4-7-3-1-5-8(7)17/h7-8H,1-6H2/t7-,8+/m0/s1. The molecule has 2 atom stereocenters. The fourth-order valence-electron chi connectivity index (χ4n) is 3.14. The molecule has 1 aliphatic heterocycles. The van der Waals surface area contributed by atoms with Crippen LogP contribution in [0.2, 0.25) is 0 Å². The lowest BCUT2D eigenvalue weighted by atomic mass is 9.92. The lowest BCUT2D eigenvalue weighted by Gasteiger charge is -2.37. The Morgan fingerprint density at radius 1 is 1.17 bits per heavy atom. The Hall–Kier alpha value is -0.850. The Labute approximate surface area is 107 Å². The second-order valence-electron chi connectivity index (χ2n) is 4.99. The lowest BCUT2D eigenvalue weighted by molar-refractivity contribution is -0.144. The van der Waals surface area contributed by atoms with E-state index in [2.05, 4.69) is 9.36 Å². The highest BCUT2D eigenvalue weighted by atomic mass is 32.1. The third-order valence-electron chi connectivity index (χ3n) is 3.91. The molecule has 100 valence electrons. The Balaban J connectivity index is 1.83. The molecule has 1 saturated heterocycles. The van der Waals surface area contributed by atoms with Crippen LogP contribution in [0.1, 0.15) is 37.9 Å². The van der Waals surface area contributed by atoms with E-state index in [0.717, 1.165) is 30.9 Å². The van der Waals surface area contributed by atoms with Gasteiger partial charge in [0, 0.05) is 24.1 Å². The molecule has 1 aromatic rings. The minimum absolute atomic E-state index is 0.382. The fraction of sp³-hybridized carbons (Fsp3) is 0.818. The molecule has 0 aromatic carbocycles. The van der Waals surface area contributed by atoms with Crippen molar-refractivity contribution in [2.45, 2.75) is 44.3 Å². The van der Waals surface area contributed by atoms with Crippen molar-refractivity contribution in [3.05, 3.63) is 5.82 Å². The van der Waals surface area contributed by atoms with Crippen LogP contribution in [-0.4, -0.2) is 21.9 Å². The van der Waals surface area contributed by atoms with Crippen LogP contribution in [0, 0.1) is 5.92 Å². The lowest BCUT2D eigenvalue weighted by Crippen LogP contribution is -2.42. The first-order valence-corrected chi connectivity index (χ1v) is 7.00.